The molecule has 2 atom stereocenters. The van der Waals surface area contributed by atoms with E-state index >= 15 is 0 Å². The highest BCUT2D eigenvalue weighted by Crippen LogP contribution is 2.30. The highest BCUT2D eigenvalue weighted by Gasteiger charge is 2.34. The Hall–Kier alpha value is -0.810. The molecule has 0 spiro atoms. The molecule has 0 radical (unpaired) electrons. The molecule has 2 rings (SSSR count). The van der Waals surface area contributed by atoms with Gasteiger partial charge in [-0.05, 0) is 37.8 Å². The normalized spacial score (nSPS) is 24.2. The van der Waals surface area contributed by atoms with Gasteiger partial charge in [0.25, 0.3) is 0 Å². The second kappa shape index (κ2) is 5.05. The molecule has 4 nitrogen and oxygen atoms in total. The van der Waals surface area contributed by atoms with Gasteiger partial charge in [-0.25, -0.2) is 13.4 Å². The number of anilines is 1. The lowest BCUT2D eigenvalue weighted by Crippen LogP contribution is -2.34. The van der Waals surface area contributed by atoms with Crippen LogP contribution in [0.1, 0.15) is 24.8 Å². The molecule has 1 heterocycles. The molecule has 1 aliphatic rings. The minimum absolute atomic E-state index is 0.0684. The molecular weight excluding hydrogens is 272 g/mol. The maximum absolute atomic E-state index is 11.7. The molecule has 1 aromatic heterocycles. The number of halogens is 1. The third-order valence-electron chi connectivity index (χ3n) is 3.32. The Balaban J connectivity index is 2.21. The zero-order valence-corrected chi connectivity index (χ0v) is 12.1. The Bertz CT molecular complexity index is 545. The molecule has 0 bridgehead atoms. The maximum atomic E-state index is 11.7. The molecule has 0 amide bonds. The Labute approximate surface area is 113 Å². The van der Waals surface area contributed by atoms with Crippen LogP contribution in [0.25, 0.3) is 0 Å². The third kappa shape index (κ3) is 2.95. The fraction of sp³-hybridized carbons (Fsp3) is 0.583. The molecule has 2 unspecified atom stereocenters. The predicted octanol–water partition coefficient (Wildman–Crippen LogP) is 2.42. The van der Waals surface area contributed by atoms with Crippen molar-refractivity contribution < 1.29 is 8.42 Å². The smallest absolute Gasteiger partial charge is 0.152 e. The summed E-state index contributed by atoms with van der Waals surface area (Å²) in [5.74, 6) is 0. The summed E-state index contributed by atoms with van der Waals surface area (Å²) in [7, 11) is -3.02. The van der Waals surface area contributed by atoms with E-state index < -0.39 is 9.84 Å². The van der Waals surface area contributed by atoms with Gasteiger partial charge in [-0.3, -0.25) is 0 Å². The minimum atomic E-state index is -3.02. The van der Waals surface area contributed by atoms with Crippen LogP contribution in [-0.2, 0) is 9.84 Å². The largest absolute Gasteiger partial charge is 0.379 e. The van der Waals surface area contributed by atoms with Gasteiger partial charge in [-0.15, -0.1) is 0 Å². The van der Waals surface area contributed by atoms with Crippen LogP contribution in [0.3, 0.4) is 0 Å². The van der Waals surface area contributed by atoms with Crippen molar-refractivity contribution in [3.63, 3.8) is 0 Å². The van der Waals surface area contributed by atoms with Gasteiger partial charge in [-0.2, -0.15) is 0 Å². The molecule has 1 aliphatic carbocycles. The Kier molecular flexibility index (Phi) is 3.82. The monoisotopic (exact) mass is 288 g/mol. The molecule has 1 N–H and O–H groups in total. The van der Waals surface area contributed by atoms with Crippen molar-refractivity contribution in [3.05, 3.63) is 23.0 Å². The predicted molar refractivity (Wildman–Crippen MR) is 73.9 cm³/mol. The summed E-state index contributed by atoms with van der Waals surface area (Å²) in [5.41, 5.74) is 1.72. The van der Waals surface area contributed by atoms with Crippen molar-refractivity contribution in [1.82, 2.24) is 4.98 Å². The van der Waals surface area contributed by atoms with Crippen LogP contribution in [0.4, 0.5) is 5.69 Å². The van der Waals surface area contributed by atoms with E-state index in [-0.39, 0.29) is 11.3 Å². The molecule has 1 aromatic rings. The van der Waals surface area contributed by atoms with E-state index in [2.05, 4.69) is 10.3 Å². The molecule has 0 aromatic carbocycles. The number of aryl methyl sites for hydroxylation is 1. The van der Waals surface area contributed by atoms with Crippen molar-refractivity contribution in [3.8, 4) is 0 Å². The third-order valence-corrected chi connectivity index (χ3v) is 5.28. The number of hydrogen-bond donors (Lipinski definition) is 1. The van der Waals surface area contributed by atoms with Crippen LogP contribution in [0, 0.1) is 6.92 Å². The first-order valence-electron chi connectivity index (χ1n) is 5.95. The van der Waals surface area contributed by atoms with E-state index in [9.17, 15) is 8.42 Å². The summed E-state index contributed by atoms with van der Waals surface area (Å²) in [6, 6.07) is 1.83. The molecule has 0 saturated heterocycles. The van der Waals surface area contributed by atoms with E-state index in [4.69, 9.17) is 11.6 Å². The van der Waals surface area contributed by atoms with Gasteiger partial charge in [0, 0.05) is 18.5 Å². The lowest BCUT2D eigenvalue weighted by atomic mass is 10.2. The zero-order valence-electron chi connectivity index (χ0n) is 10.5. The summed E-state index contributed by atoms with van der Waals surface area (Å²) >= 11 is 6.01. The summed E-state index contributed by atoms with van der Waals surface area (Å²) in [6.07, 6.45) is 5.48. The molecule has 0 aliphatic heterocycles. The fourth-order valence-corrected chi connectivity index (χ4v) is 4.01. The first kappa shape index (κ1) is 13.6. The Morgan fingerprint density at radius 2 is 2.17 bits per heavy atom. The van der Waals surface area contributed by atoms with Crippen molar-refractivity contribution in [2.75, 3.05) is 11.6 Å². The van der Waals surface area contributed by atoms with Gasteiger partial charge in [-0.1, -0.05) is 11.6 Å². The highest BCUT2D eigenvalue weighted by molar-refractivity contribution is 7.91. The van der Waals surface area contributed by atoms with Crippen LogP contribution in [-0.4, -0.2) is 30.9 Å². The van der Waals surface area contributed by atoms with Crippen LogP contribution in [0.15, 0.2) is 12.3 Å². The summed E-state index contributed by atoms with van der Waals surface area (Å²) in [6.45, 7) is 1.93. The number of nitrogens with zero attached hydrogens (tertiary/aromatic N) is 1. The molecule has 6 heteroatoms. The summed E-state index contributed by atoms with van der Waals surface area (Å²) in [4.78, 5) is 4.06. The van der Waals surface area contributed by atoms with Crippen molar-refractivity contribution in [1.29, 1.82) is 0 Å². The van der Waals surface area contributed by atoms with Gasteiger partial charge in [0.1, 0.15) is 0 Å². The van der Waals surface area contributed by atoms with Crippen molar-refractivity contribution >= 4 is 27.1 Å². The van der Waals surface area contributed by atoms with E-state index in [1.54, 1.807) is 6.20 Å². The standard InChI is InChI=1S/C12H17ClN2O2S/c1-8-6-10(12(13)14-7-8)15-9-4-3-5-11(9)18(2,16)17/h6-7,9,11,15H,3-5H2,1-2H3. The average Bonchev–Trinajstić information content (AvgIpc) is 2.71. The van der Waals surface area contributed by atoms with Crippen molar-refractivity contribution in [2.45, 2.75) is 37.5 Å². The van der Waals surface area contributed by atoms with Crippen molar-refractivity contribution in [2.24, 2.45) is 0 Å². The molecule has 1 fully saturated rings. The van der Waals surface area contributed by atoms with Gasteiger partial charge in [0.05, 0.1) is 10.9 Å². The van der Waals surface area contributed by atoms with Crippen LogP contribution in [0.2, 0.25) is 5.15 Å². The van der Waals surface area contributed by atoms with E-state index in [0.29, 0.717) is 11.6 Å². The minimum Gasteiger partial charge on any atom is -0.379 e. The molecule has 100 valence electrons. The Morgan fingerprint density at radius 3 is 2.83 bits per heavy atom. The molecular formula is C12H17ClN2O2S. The molecule has 18 heavy (non-hydrogen) atoms. The number of rotatable bonds is 3. The first-order valence-corrected chi connectivity index (χ1v) is 8.29. The number of aromatic nitrogens is 1. The van der Waals surface area contributed by atoms with Crippen LogP contribution >= 0.6 is 11.6 Å². The van der Waals surface area contributed by atoms with E-state index in [1.807, 2.05) is 13.0 Å². The molecule has 1 saturated carbocycles. The lowest BCUT2D eigenvalue weighted by Gasteiger charge is -2.21. The zero-order chi connectivity index (χ0) is 13.3. The van der Waals surface area contributed by atoms with Gasteiger partial charge in [0.2, 0.25) is 0 Å². The van der Waals surface area contributed by atoms with E-state index in [1.165, 1.54) is 6.26 Å². The summed E-state index contributed by atoms with van der Waals surface area (Å²) in [5, 5.41) is 3.30. The second-order valence-corrected chi connectivity index (χ2v) is 7.52. The SMILES string of the molecule is Cc1cnc(Cl)c(NC2CCCC2S(C)(=O)=O)c1. The Morgan fingerprint density at radius 1 is 1.44 bits per heavy atom. The summed E-state index contributed by atoms with van der Waals surface area (Å²) < 4.78 is 23.4. The average molecular weight is 289 g/mol. The lowest BCUT2D eigenvalue weighted by molar-refractivity contribution is 0.579. The fourth-order valence-electron chi connectivity index (χ4n) is 2.46. The number of hydrogen-bond acceptors (Lipinski definition) is 4. The van der Waals surface area contributed by atoms with Gasteiger partial charge < -0.3 is 5.32 Å². The first-order chi connectivity index (χ1) is 8.38. The number of nitrogens with one attached hydrogen (secondary N) is 1. The van der Waals surface area contributed by atoms with Gasteiger partial charge in [0.15, 0.2) is 15.0 Å². The topological polar surface area (TPSA) is 59.1 Å². The number of sulfone groups is 1. The van der Waals surface area contributed by atoms with Gasteiger partial charge >= 0.3 is 0 Å². The van der Waals surface area contributed by atoms with Crippen LogP contribution < -0.4 is 5.32 Å². The quantitative estimate of drug-likeness (QED) is 0.868. The second-order valence-electron chi connectivity index (χ2n) is 4.90. The highest BCUT2D eigenvalue weighted by atomic mass is 35.5. The van der Waals surface area contributed by atoms with Crippen LogP contribution in [0.5, 0.6) is 0 Å². The van der Waals surface area contributed by atoms with E-state index in [0.717, 1.165) is 24.1 Å². The maximum Gasteiger partial charge on any atom is 0.152 e. The number of pyridine rings is 1.